The molecule has 38 heavy (non-hydrogen) atoms. The van der Waals surface area contributed by atoms with Crippen molar-refractivity contribution < 1.29 is 28.5 Å². The summed E-state index contributed by atoms with van der Waals surface area (Å²) in [6.07, 6.45) is 1.51. The average molecular weight is 558 g/mol. The molecular weight excluding hydrogens is 529 g/mol. The number of nitrogens with zero attached hydrogens (tertiary/aromatic N) is 1. The zero-order valence-electron chi connectivity index (χ0n) is 21.5. The number of hydrogen-bond acceptors (Lipinski definition) is 6. The van der Waals surface area contributed by atoms with Crippen LogP contribution in [0.1, 0.15) is 34.7 Å². The van der Waals surface area contributed by atoms with Crippen LogP contribution >= 0.6 is 23.2 Å². The second-order valence-corrected chi connectivity index (χ2v) is 9.66. The molecular formula is C29H29Cl2NO6. The number of carbonyl (C=O) groups is 2. The fraction of sp³-hybridized carbons (Fsp3) is 0.310. The molecule has 1 aliphatic heterocycles. The van der Waals surface area contributed by atoms with E-state index in [9.17, 15) is 9.59 Å². The molecule has 0 spiro atoms. The first kappa shape index (κ1) is 27.6. The zero-order valence-corrected chi connectivity index (χ0v) is 23.0. The number of esters is 1. The van der Waals surface area contributed by atoms with Crippen LogP contribution in [0.3, 0.4) is 0 Å². The molecule has 0 aliphatic carbocycles. The van der Waals surface area contributed by atoms with Gasteiger partial charge in [0.15, 0.2) is 18.1 Å². The number of benzene rings is 3. The Kier molecular flexibility index (Phi) is 9.02. The van der Waals surface area contributed by atoms with E-state index in [1.807, 2.05) is 30.3 Å². The summed E-state index contributed by atoms with van der Waals surface area (Å²) in [7, 11) is 4.55. The van der Waals surface area contributed by atoms with Crippen molar-refractivity contribution in [1.29, 1.82) is 0 Å². The van der Waals surface area contributed by atoms with Gasteiger partial charge in [-0.05, 0) is 71.5 Å². The van der Waals surface area contributed by atoms with Gasteiger partial charge in [-0.15, -0.1) is 0 Å². The van der Waals surface area contributed by atoms with Crippen LogP contribution in [-0.4, -0.2) is 51.3 Å². The average Bonchev–Trinajstić information content (AvgIpc) is 2.93. The molecule has 0 saturated carbocycles. The second kappa shape index (κ2) is 12.4. The molecule has 3 aromatic rings. The molecule has 0 fully saturated rings. The van der Waals surface area contributed by atoms with Gasteiger partial charge in [0.2, 0.25) is 0 Å². The number of hydrogen-bond donors (Lipinski definition) is 0. The molecule has 1 heterocycles. The summed E-state index contributed by atoms with van der Waals surface area (Å²) in [5.41, 5.74) is 3.68. The van der Waals surface area contributed by atoms with Crippen molar-refractivity contribution in [3.05, 3.63) is 86.9 Å². The molecule has 1 unspecified atom stereocenters. The van der Waals surface area contributed by atoms with Crippen LogP contribution in [0.5, 0.6) is 17.2 Å². The number of fused-ring (bicyclic) bond motifs is 1. The van der Waals surface area contributed by atoms with Gasteiger partial charge in [0.05, 0.1) is 27.4 Å². The fourth-order valence-corrected chi connectivity index (χ4v) is 5.11. The van der Waals surface area contributed by atoms with Crippen molar-refractivity contribution in [2.24, 2.45) is 0 Å². The Hall–Kier alpha value is -3.42. The van der Waals surface area contributed by atoms with Crippen LogP contribution < -0.4 is 14.2 Å². The molecule has 0 aromatic heterocycles. The molecule has 0 saturated heterocycles. The summed E-state index contributed by atoms with van der Waals surface area (Å²) in [6.45, 7) is 0.326. The molecule has 1 atom stereocenters. The molecule has 0 bridgehead atoms. The normalized spacial score (nSPS) is 14.4. The van der Waals surface area contributed by atoms with Crippen LogP contribution in [0.25, 0.3) is 0 Å². The minimum Gasteiger partial charge on any atom is -0.493 e. The van der Waals surface area contributed by atoms with Crippen molar-refractivity contribution in [3.63, 3.8) is 0 Å². The molecule has 7 nitrogen and oxygen atoms in total. The van der Waals surface area contributed by atoms with Gasteiger partial charge in [-0.25, -0.2) is 0 Å². The maximum atomic E-state index is 13.5. The maximum Gasteiger partial charge on any atom is 0.305 e. The topological polar surface area (TPSA) is 74.3 Å². The third kappa shape index (κ3) is 6.17. The van der Waals surface area contributed by atoms with Gasteiger partial charge in [-0.2, -0.15) is 0 Å². The molecule has 1 aliphatic rings. The second-order valence-electron chi connectivity index (χ2n) is 8.82. The van der Waals surface area contributed by atoms with Crippen molar-refractivity contribution in [2.45, 2.75) is 25.3 Å². The quantitative estimate of drug-likeness (QED) is 0.315. The van der Waals surface area contributed by atoms with Gasteiger partial charge >= 0.3 is 5.97 Å². The first-order valence-corrected chi connectivity index (χ1v) is 12.9. The third-order valence-electron chi connectivity index (χ3n) is 6.58. The third-order valence-corrected chi connectivity index (χ3v) is 7.14. The van der Waals surface area contributed by atoms with E-state index in [2.05, 4.69) is 4.74 Å². The van der Waals surface area contributed by atoms with Crippen molar-refractivity contribution in [1.82, 2.24) is 4.90 Å². The number of aryl methyl sites for hydroxylation is 1. The summed E-state index contributed by atoms with van der Waals surface area (Å²) in [5, 5.41) is 0.977. The SMILES string of the molecule is COC(=O)CCc1ccc(OCC(=O)N2CCc3cc(OC)c(OC)cc3C2c2ccc(Cl)cc2Cl)cc1. The first-order valence-electron chi connectivity index (χ1n) is 12.1. The summed E-state index contributed by atoms with van der Waals surface area (Å²) in [6, 6.07) is 16.0. The molecule has 9 heteroatoms. The highest BCUT2D eigenvalue weighted by molar-refractivity contribution is 6.35. The van der Waals surface area contributed by atoms with Gasteiger partial charge in [0.25, 0.3) is 5.91 Å². The number of ether oxygens (including phenoxy) is 4. The summed E-state index contributed by atoms with van der Waals surface area (Å²) in [4.78, 5) is 26.7. The Bertz CT molecular complexity index is 1310. The zero-order chi connectivity index (χ0) is 27.2. The van der Waals surface area contributed by atoms with Gasteiger partial charge < -0.3 is 23.8 Å². The lowest BCUT2D eigenvalue weighted by molar-refractivity contribution is -0.140. The molecule has 0 N–H and O–H groups in total. The fourth-order valence-electron chi connectivity index (χ4n) is 4.60. The van der Waals surface area contributed by atoms with E-state index in [1.165, 1.54) is 7.11 Å². The van der Waals surface area contributed by atoms with E-state index in [0.29, 0.717) is 53.1 Å². The molecule has 3 aromatic carbocycles. The van der Waals surface area contributed by atoms with Crippen LogP contribution in [0, 0.1) is 0 Å². The molecule has 1 amide bonds. The summed E-state index contributed by atoms with van der Waals surface area (Å²) in [5.74, 6) is 1.32. The van der Waals surface area contributed by atoms with E-state index >= 15 is 0 Å². The van der Waals surface area contributed by atoms with E-state index in [1.54, 1.807) is 43.4 Å². The Morgan fingerprint density at radius 3 is 2.29 bits per heavy atom. The lowest BCUT2D eigenvalue weighted by atomic mass is 9.87. The standard InChI is InChI=1S/C29H29Cl2NO6/c1-35-25-14-19-12-13-32(27(33)17-38-21-8-4-18(5-9-21)6-11-28(34)37-3)29(23(19)16-26(25)36-2)22-10-7-20(30)15-24(22)31/h4-5,7-10,14-16,29H,6,11-13,17H2,1-3H3. The predicted octanol–water partition coefficient (Wildman–Crippen LogP) is 5.67. The molecule has 4 rings (SSSR count). The minimum atomic E-state index is -0.458. The first-order chi connectivity index (χ1) is 18.3. The van der Waals surface area contributed by atoms with Gasteiger partial charge in [-0.3, -0.25) is 9.59 Å². The Morgan fingerprint density at radius 1 is 0.921 bits per heavy atom. The van der Waals surface area contributed by atoms with Crippen molar-refractivity contribution >= 4 is 35.1 Å². The van der Waals surface area contributed by atoms with E-state index in [4.69, 9.17) is 37.4 Å². The Balaban J connectivity index is 1.57. The summed E-state index contributed by atoms with van der Waals surface area (Å²) >= 11 is 12.8. The van der Waals surface area contributed by atoms with E-state index in [0.717, 1.165) is 22.3 Å². The maximum absolute atomic E-state index is 13.5. The molecule has 0 radical (unpaired) electrons. The largest absolute Gasteiger partial charge is 0.493 e. The highest BCUT2D eigenvalue weighted by Crippen LogP contribution is 2.43. The van der Waals surface area contributed by atoms with Crippen LogP contribution in [0.2, 0.25) is 10.0 Å². The number of methoxy groups -OCH3 is 3. The van der Waals surface area contributed by atoms with Crippen molar-refractivity contribution in [2.75, 3.05) is 34.5 Å². The van der Waals surface area contributed by atoms with E-state index in [-0.39, 0.29) is 18.5 Å². The van der Waals surface area contributed by atoms with Gasteiger partial charge in [-0.1, -0.05) is 41.4 Å². The van der Waals surface area contributed by atoms with Crippen LogP contribution in [0.15, 0.2) is 54.6 Å². The predicted molar refractivity (Wildman–Crippen MR) is 146 cm³/mol. The number of amides is 1. The Morgan fingerprint density at radius 2 is 1.63 bits per heavy atom. The lowest BCUT2D eigenvalue weighted by Gasteiger charge is -2.38. The molecule has 200 valence electrons. The number of halogens is 2. The number of carbonyl (C=O) groups excluding carboxylic acids is 2. The smallest absolute Gasteiger partial charge is 0.305 e. The van der Waals surface area contributed by atoms with Crippen LogP contribution in [0.4, 0.5) is 0 Å². The highest BCUT2D eigenvalue weighted by atomic mass is 35.5. The van der Waals surface area contributed by atoms with E-state index < -0.39 is 6.04 Å². The Labute approximate surface area is 232 Å². The minimum absolute atomic E-state index is 0.147. The number of rotatable bonds is 9. The van der Waals surface area contributed by atoms with Crippen LogP contribution in [-0.2, 0) is 27.2 Å². The van der Waals surface area contributed by atoms with Crippen molar-refractivity contribution in [3.8, 4) is 17.2 Å². The monoisotopic (exact) mass is 557 g/mol. The van der Waals surface area contributed by atoms with Gasteiger partial charge in [0, 0.05) is 23.0 Å². The van der Waals surface area contributed by atoms with Gasteiger partial charge in [0.1, 0.15) is 5.75 Å². The summed E-state index contributed by atoms with van der Waals surface area (Å²) < 4.78 is 21.6. The lowest BCUT2D eigenvalue weighted by Crippen LogP contribution is -2.43. The highest BCUT2D eigenvalue weighted by Gasteiger charge is 2.34.